The van der Waals surface area contributed by atoms with E-state index in [1.807, 2.05) is 24.3 Å². The lowest BCUT2D eigenvalue weighted by Gasteiger charge is -2.35. The number of hydrogen-bond acceptors (Lipinski definition) is 4. The lowest BCUT2D eigenvalue weighted by Crippen LogP contribution is -2.37. The van der Waals surface area contributed by atoms with Crippen molar-refractivity contribution < 1.29 is 18.9 Å². The fraction of sp³-hybridized carbons (Fsp3) is 0.625. The van der Waals surface area contributed by atoms with Crippen LogP contribution in [0, 0.1) is 0 Å². The van der Waals surface area contributed by atoms with Crippen molar-refractivity contribution in [2.24, 2.45) is 0 Å². The molecule has 2 aliphatic rings. The topological polar surface area (TPSA) is 36.9 Å². The first-order valence-electron chi connectivity index (χ1n) is 7.32. The van der Waals surface area contributed by atoms with Crippen molar-refractivity contribution in [2.45, 2.75) is 44.2 Å². The summed E-state index contributed by atoms with van der Waals surface area (Å²) in [5.41, 5.74) is 1.18. The lowest BCUT2D eigenvalue weighted by atomic mass is 9.92. The van der Waals surface area contributed by atoms with E-state index in [1.54, 1.807) is 7.11 Å². The molecule has 1 saturated carbocycles. The van der Waals surface area contributed by atoms with Gasteiger partial charge in [0.1, 0.15) is 5.75 Å². The highest BCUT2D eigenvalue weighted by Gasteiger charge is 2.40. The first-order chi connectivity index (χ1) is 9.80. The summed E-state index contributed by atoms with van der Waals surface area (Å²) in [7, 11) is 1.68. The van der Waals surface area contributed by atoms with E-state index in [-0.39, 0.29) is 5.79 Å². The molecule has 1 spiro atoms. The molecule has 1 heterocycles. The number of benzene rings is 1. The van der Waals surface area contributed by atoms with E-state index in [0.29, 0.717) is 12.7 Å². The molecule has 0 aromatic heterocycles. The largest absolute Gasteiger partial charge is 0.497 e. The summed E-state index contributed by atoms with van der Waals surface area (Å²) in [6.07, 6.45) is 4.22. The van der Waals surface area contributed by atoms with Crippen molar-refractivity contribution in [2.75, 3.05) is 20.3 Å². The predicted molar refractivity (Wildman–Crippen MR) is 74.7 cm³/mol. The van der Waals surface area contributed by atoms with Gasteiger partial charge < -0.3 is 18.9 Å². The van der Waals surface area contributed by atoms with Crippen LogP contribution in [-0.2, 0) is 20.8 Å². The number of ether oxygens (including phenoxy) is 4. The van der Waals surface area contributed by atoms with Crippen LogP contribution in [0.15, 0.2) is 24.3 Å². The van der Waals surface area contributed by atoms with Crippen molar-refractivity contribution in [3.8, 4) is 5.75 Å². The Balaban J connectivity index is 1.45. The van der Waals surface area contributed by atoms with Crippen LogP contribution >= 0.6 is 0 Å². The molecule has 0 unspecified atom stereocenters. The van der Waals surface area contributed by atoms with Crippen LogP contribution in [0.1, 0.15) is 31.2 Å². The second-order valence-corrected chi connectivity index (χ2v) is 5.47. The van der Waals surface area contributed by atoms with E-state index in [9.17, 15) is 0 Å². The summed E-state index contributed by atoms with van der Waals surface area (Å²) in [5, 5.41) is 0. The Hall–Kier alpha value is -1.10. The van der Waals surface area contributed by atoms with Crippen LogP contribution < -0.4 is 4.74 Å². The van der Waals surface area contributed by atoms with Crippen LogP contribution in [0.4, 0.5) is 0 Å². The second kappa shape index (κ2) is 6.12. The zero-order chi connectivity index (χ0) is 13.8. The van der Waals surface area contributed by atoms with Crippen molar-refractivity contribution >= 4 is 0 Å². The fourth-order valence-electron chi connectivity index (χ4n) is 2.92. The first-order valence-corrected chi connectivity index (χ1v) is 7.32. The van der Waals surface area contributed by atoms with Gasteiger partial charge in [-0.3, -0.25) is 0 Å². The van der Waals surface area contributed by atoms with Gasteiger partial charge in [-0.05, 0) is 30.5 Å². The van der Waals surface area contributed by atoms with E-state index in [4.69, 9.17) is 18.9 Å². The van der Waals surface area contributed by atoms with Gasteiger partial charge in [0, 0.05) is 12.8 Å². The van der Waals surface area contributed by atoms with E-state index >= 15 is 0 Å². The maximum absolute atomic E-state index is 5.99. The SMILES string of the molecule is COc1ccc(COC2CCC3(CC2)OCCO3)cc1. The minimum Gasteiger partial charge on any atom is -0.497 e. The van der Waals surface area contributed by atoms with Crippen molar-refractivity contribution in [3.05, 3.63) is 29.8 Å². The highest BCUT2D eigenvalue weighted by atomic mass is 16.7. The third-order valence-electron chi connectivity index (χ3n) is 4.15. The molecule has 110 valence electrons. The Morgan fingerprint density at radius 3 is 2.35 bits per heavy atom. The van der Waals surface area contributed by atoms with Gasteiger partial charge in [0.25, 0.3) is 0 Å². The van der Waals surface area contributed by atoms with Crippen molar-refractivity contribution in [1.82, 2.24) is 0 Å². The smallest absolute Gasteiger partial charge is 0.168 e. The average Bonchev–Trinajstić information content (AvgIpc) is 2.96. The molecule has 4 nitrogen and oxygen atoms in total. The molecule has 0 bridgehead atoms. The van der Waals surface area contributed by atoms with Crippen molar-refractivity contribution in [1.29, 1.82) is 0 Å². The minimum absolute atomic E-state index is 0.292. The van der Waals surface area contributed by atoms with E-state index in [1.165, 1.54) is 5.56 Å². The third kappa shape index (κ3) is 3.14. The van der Waals surface area contributed by atoms with Crippen LogP contribution in [-0.4, -0.2) is 32.2 Å². The standard InChI is InChI=1S/C16H22O4/c1-17-14-4-2-13(3-5-14)12-18-15-6-8-16(9-7-15)19-10-11-20-16/h2-5,15H,6-12H2,1H3. The molecule has 1 aromatic rings. The van der Waals surface area contributed by atoms with Gasteiger partial charge in [-0.25, -0.2) is 0 Å². The minimum atomic E-state index is -0.292. The van der Waals surface area contributed by atoms with Crippen LogP contribution in [0.2, 0.25) is 0 Å². The maximum Gasteiger partial charge on any atom is 0.168 e. The molecule has 0 amide bonds. The first kappa shape index (κ1) is 13.9. The van der Waals surface area contributed by atoms with E-state index in [0.717, 1.165) is 44.6 Å². The molecule has 20 heavy (non-hydrogen) atoms. The molecular formula is C16H22O4. The average molecular weight is 278 g/mol. The number of hydrogen-bond donors (Lipinski definition) is 0. The summed E-state index contributed by atoms with van der Waals surface area (Å²) in [5.74, 6) is 0.587. The fourth-order valence-corrected chi connectivity index (χ4v) is 2.92. The summed E-state index contributed by atoms with van der Waals surface area (Å²) >= 11 is 0. The lowest BCUT2D eigenvalue weighted by molar-refractivity contribution is -0.192. The summed E-state index contributed by atoms with van der Waals surface area (Å²) in [4.78, 5) is 0. The summed E-state index contributed by atoms with van der Waals surface area (Å²) in [6, 6.07) is 8.03. The maximum atomic E-state index is 5.99. The normalized spacial score (nSPS) is 22.2. The molecule has 4 heteroatoms. The highest BCUT2D eigenvalue weighted by molar-refractivity contribution is 5.26. The molecule has 1 aromatic carbocycles. The molecule has 3 rings (SSSR count). The zero-order valence-electron chi connectivity index (χ0n) is 12.0. The second-order valence-electron chi connectivity index (χ2n) is 5.47. The van der Waals surface area contributed by atoms with E-state index < -0.39 is 0 Å². The molecular weight excluding hydrogens is 256 g/mol. The Morgan fingerprint density at radius 2 is 1.75 bits per heavy atom. The van der Waals surface area contributed by atoms with Gasteiger partial charge in [0.15, 0.2) is 5.79 Å². The van der Waals surface area contributed by atoms with Gasteiger partial charge in [0.05, 0.1) is 33.0 Å². The molecule has 1 aliphatic carbocycles. The summed E-state index contributed by atoms with van der Waals surface area (Å²) in [6.45, 7) is 2.12. The predicted octanol–water partition coefficient (Wildman–Crippen LogP) is 2.90. The molecule has 0 radical (unpaired) electrons. The van der Waals surface area contributed by atoms with Crippen LogP contribution in [0.3, 0.4) is 0 Å². The Labute approximate surface area is 120 Å². The van der Waals surface area contributed by atoms with Gasteiger partial charge >= 0.3 is 0 Å². The summed E-state index contributed by atoms with van der Waals surface area (Å²) < 4.78 is 22.6. The number of methoxy groups -OCH3 is 1. The molecule has 0 atom stereocenters. The zero-order valence-corrected chi connectivity index (χ0v) is 12.0. The van der Waals surface area contributed by atoms with Crippen molar-refractivity contribution in [3.63, 3.8) is 0 Å². The van der Waals surface area contributed by atoms with Gasteiger partial charge in [-0.15, -0.1) is 0 Å². The molecule has 0 N–H and O–H groups in total. The van der Waals surface area contributed by atoms with Gasteiger partial charge in [-0.2, -0.15) is 0 Å². The molecule has 1 saturated heterocycles. The number of rotatable bonds is 4. The van der Waals surface area contributed by atoms with Crippen LogP contribution in [0.25, 0.3) is 0 Å². The Kier molecular flexibility index (Phi) is 4.24. The van der Waals surface area contributed by atoms with Crippen LogP contribution in [0.5, 0.6) is 5.75 Å². The van der Waals surface area contributed by atoms with Gasteiger partial charge in [-0.1, -0.05) is 12.1 Å². The highest BCUT2D eigenvalue weighted by Crippen LogP contribution is 2.36. The quantitative estimate of drug-likeness (QED) is 0.848. The molecule has 2 fully saturated rings. The third-order valence-corrected chi connectivity index (χ3v) is 4.15. The van der Waals surface area contributed by atoms with Gasteiger partial charge in [0.2, 0.25) is 0 Å². The monoisotopic (exact) mass is 278 g/mol. The Morgan fingerprint density at radius 1 is 1.10 bits per heavy atom. The molecule has 1 aliphatic heterocycles. The van der Waals surface area contributed by atoms with E-state index in [2.05, 4.69) is 0 Å². The Bertz CT molecular complexity index is 413.